The largest absolute Gasteiger partial charge is 0.497 e. The van der Waals surface area contributed by atoms with Gasteiger partial charge < -0.3 is 9.30 Å². The minimum Gasteiger partial charge on any atom is -0.497 e. The van der Waals surface area contributed by atoms with Crippen LogP contribution in [0.2, 0.25) is 0 Å². The van der Waals surface area contributed by atoms with Gasteiger partial charge in [0.15, 0.2) is 0 Å². The monoisotopic (exact) mass is 410 g/mol. The van der Waals surface area contributed by atoms with Crippen LogP contribution in [0, 0.1) is 6.92 Å². The third kappa shape index (κ3) is 3.82. The van der Waals surface area contributed by atoms with Crippen LogP contribution in [0.3, 0.4) is 0 Å². The lowest BCUT2D eigenvalue weighted by atomic mass is 9.97. The number of sulfonamides is 1. The maximum atomic E-state index is 11.8. The van der Waals surface area contributed by atoms with E-state index < -0.39 is 10.0 Å². The number of ether oxygens (including phenoxy) is 1. The summed E-state index contributed by atoms with van der Waals surface area (Å²) in [5.41, 5.74) is 6.08. The van der Waals surface area contributed by atoms with Gasteiger partial charge in [-0.2, -0.15) is 4.31 Å². The molecule has 0 saturated carbocycles. The molecule has 0 atom stereocenters. The van der Waals surface area contributed by atoms with Crippen LogP contribution in [0.1, 0.15) is 23.2 Å². The van der Waals surface area contributed by atoms with Gasteiger partial charge in [0.1, 0.15) is 5.75 Å². The number of fused-ring (bicyclic) bond motifs is 1. The van der Waals surface area contributed by atoms with Crippen LogP contribution in [0.25, 0.3) is 16.5 Å². The van der Waals surface area contributed by atoms with Gasteiger partial charge in [-0.05, 0) is 42.7 Å². The Morgan fingerprint density at radius 1 is 1.07 bits per heavy atom. The summed E-state index contributed by atoms with van der Waals surface area (Å²) in [4.78, 5) is 0. The molecule has 1 aliphatic heterocycles. The van der Waals surface area contributed by atoms with E-state index in [1.165, 1.54) is 43.9 Å². The zero-order chi connectivity index (χ0) is 20.6. The highest BCUT2D eigenvalue weighted by Gasteiger charge is 2.23. The smallest absolute Gasteiger partial charge is 0.211 e. The maximum absolute atomic E-state index is 11.8. The number of para-hydroxylation sites is 1. The topological polar surface area (TPSA) is 51.5 Å². The highest BCUT2D eigenvalue weighted by atomic mass is 32.2. The van der Waals surface area contributed by atoms with Crippen molar-refractivity contribution in [3.63, 3.8) is 0 Å². The lowest BCUT2D eigenvalue weighted by Crippen LogP contribution is -2.33. The molecule has 0 spiro atoms. The van der Waals surface area contributed by atoms with Crippen molar-refractivity contribution in [1.82, 2.24) is 8.87 Å². The lowest BCUT2D eigenvalue weighted by Gasteiger charge is -2.24. The van der Waals surface area contributed by atoms with E-state index in [2.05, 4.69) is 54.0 Å². The highest BCUT2D eigenvalue weighted by Crippen LogP contribution is 2.35. The van der Waals surface area contributed by atoms with Gasteiger partial charge in [-0.1, -0.05) is 36.4 Å². The summed E-state index contributed by atoms with van der Waals surface area (Å²) in [6.07, 6.45) is 4.07. The fourth-order valence-electron chi connectivity index (χ4n) is 4.13. The summed E-state index contributed by atoms with van der Waals surface area (Å²) in [5.74, 6) is 0.853. The standard InChI is InChI=1S/C23H26N2O3S/c1-17-23(19-12-14-24(15-13-19)29(3,26)27)21-6-4-5-7-22(21)25(17)16-18-8-10-20(28-2)11-9-18/h4-12H,13-16H2,1-3H3. The Hall–Kier alpha value is -2.57. The van der Waals surface area contributed by atoms with E-state index in [0.29, 0.717) is 13.1 Å². The first-order chi connectivity index (χ1) is 13.9. The molecule has 0 bridgehead atoms. The van der Waals surface area contributed by atoms with E-state index in [1.807, 2.05) is 12.1 Å². The molecule has 1 aliphatic rings. The molecule has 5 nitrogen and oxygen atoms in total. The zero-order valence-electron chi connectivity index (χ0n) is 17.1. The summed E-state index contributed by atoms with van der Waals surface area (Å²) in [7, 11) is -1.48. The Kier molecular flexibility index (Phi) is 5.23. The molecule has 2 aromatic carbocycles. The predicted octanol–water partition coefficient (Wildman–Crippen LogP) is 4.06. The first-order valence-corrected chi connectivity index (χ1v) is 11.6. The molecule has 4 rings (SSSR count). The molecule has 152 valence electrons. The molecule has 6 heteroatoms. The molecule has 0 aliphatic carbocycles. The number of hydrogen-bond acceptors (Lipinski definition) is 3. The third-order valence-corrected chi connectivity index (χ3v) is 6.96. The minimum absolute atomic E-state index is 0.436. The second kappa shape index (κ2) is 7.69. The molecule has 0 saturated heterocycles. The summed E-state index contributed by atoms with van der Waals surface area (Å²) in [6, 6.07) is 16.6. The lowest BCUT2D eigenvalue weighted by molar-refractivity contribution is 0.414. The van der Waals surface area contributed by atoms with Crippen LogP contribution in [0.4, 0.5) is 0 Å². The van der Waals surface area contributed by atoms with E-state index in [0.717, 1.165) is 18.7 Å². The molecule has 3 aromatic rings. The van der Waals surface area contributed by atoms with Crippen molar-refractivity contribution in [2.24, 2.45) is 0 Å². The SMILES string of the molecule is COc1ccc(Cn2c(C)c(C3=CCN(S(C)(=O)=O)CC3)c3ccccc32)cc1. The number of aromatic nitrogens is 1. The van der Waals surface area contributed by atoms with E-state index >= 15 is 0 Å². The predicted molar refractivity (Wildman–Crippen MR) is 118 cm³/mol. The summed E-state index contributed by atoms with van der Waals surface area (Å²) in [6.45, 7) is 3.90. The van der Waals surface area contributed by atoms with Gasteiger partial charge in [-0.15, -0.1) is 0 Å². The first-order valence-electron chi connectivity index (χ1n) is 9.74. The highest BCUT2D eigenvalue weighted by molar-refractivity contribution is 7.88. The van der Waals surface area contributed by atoms with Gasteiger partial charge in [0.05, 0.1) is 13.4 Å². The van der Waals surface area contributed by atoms with Crippen molar-refractivity contribution in [2.75, 3.05) is 26.5 Å². The first kappa shape index (κ1) is 19.7. The van der Waals surface area contributed by atoms with Crippen LogP contribution >= 0.6 is 0 Å². The van der Waals surface area contributed by atoms with Crippen molar-refractivity contribution in [3.05, 3.63) is 71.4 Å². The molecule has 0 fully saturated rings. The van der Waals surface area contributed by atoms with Crippen LogP contribution in [0.5, 0.6) is 5.75 Å². The number of hydrogen-bond donors (Lipinski definition) is 0. The fourth-order valence-corrected chi connectivity index (χ4v) is 4.90. The van der Waals surface area contributed by atoms with Gasteiger partial charge in [0.25, 0.3) is 0 Å². The van der Waals surface area contributed by atoms with Gasteiger partial charge in [0.2, 0.25) is 10.0 Å². The molecule has 0 N–H and O–H groups in total. The van der Waals surface area contributed by atoms with Gasteiger partial charge in [-0.3, -0.25) is 0 Å². The van der Waals surface area contributed by atoms with Gasteiger partial charge in [-0.25, -0.2) is 8.42 Å². The van der Waals surface area contributed by atoms with E-state index in [9.17, 15) is 8.42 Å². The van der Waals surface area contributed by atoms with E-state index in [-0.39, 0.29) is 0 Å². The van der Waals surface area contributed by atoms with Gasteiger partial charge >= 0.3 is 0 Å². The number of methoxy groups -OCH3 is 1. The Morgan fingerprint density at radius 3 is 2.41 bits per heavy atom. The van der Waals surface area contributed by atoms with Crippen LogP contribution < -0.4 is 4.74 Å². The molecule has 0 radical (unpaired) electrons. The second-order valence-electron chi connectivity index (χ2n) is 7.51. The van der Waals surface area contributed by atoms with Crippen molar-refractivity contribution in [3.8, 4) is 5.75 Å². The number of rotatable bonds is 5. The summed E-state index contributed by atoms with van der Waals surface area (Å²) >= 11 is 0. The van der Waals surface area contributed by atoms with E-state index in [1.54, 1.807) is 7.11 Å². The average molecular weight is 411 g/mol. The summed E-state index contributed by atoms with van der Waals surface area (Å²) < 4.78 is 32.8. The van der Waals surface area contributed by atoms with Crippen molar-refractivity contribution in [1.29, 1.82) is 0 Å². The van der Waals surface area contributed by atoms with Crippen molar-refractivity contribution < 1.29 is 13.2 Å². The molecular formula is C23H26N2O3S. The second-order valence-corrected chi connectivity index (χ2v) is 9.49. The maximum Gasteiger partial charge on any atom is 0.211 e. The summed E-state index contributed by atoms with van der Waals surface area (Å²) in [5, 5.41) is 1.22. The van der Waals surface area contributed by atoms with Crippen LogP contribution in [-0.4, -0.2) is 43.7 Å². The Bertz CT molecular complexity index is 1170. The van der Waals surface area contributed by atoms with Crippen LogP contribution in [-0.2, 0) is 16.6 Å². The Morgan fingerprint density at radius 2 is 1.79 bits per heavy atom. The normalized spacial score (nSPS) is 15.5. The Labute approximate surface area is 172 Å². The van der Waals surface area contributed by atoms with Crippen molar-refractivity contribution >= 4 is 26.5 Å². The molecule has 0 unspecified atom stereocenters. The Balaban J connectivity index is 1.74. The molecule has 2 heterocycles. The molecular weight excluding hydrogens is 384 g/mol. The van der Waals surface area contributed by atoms with Crippen molar-refractivity contribution in [2.45, 2.75) is 19.9 Å². The number of benzene rings is 2. The van der Waals surface area contributed by atoms with Crippen LogP contribution in [0.15, 0.2) is 54.6 Å². The van der Waals surface area contributed by atoms with E-state index in [4.69, 9.17) is 4.74 Å². The van der Waals surface area contributed by atoms with Gasteiger partial charge in [0, 0.05) is 41.8 Å². The number of nitrogens with zero attached hydrogens (tertiary/aromatic N) is 2. The average Bonchev–Trinajstić information content (AvgIpc) is 3.00. The fraction of sp³-hybridized carbons (Fsp3) is 0.304. The quantitative estimate of drug-likeness (QED) is 0.637. The zero-order valence-corrected chi connectivity index (χ0v) is 17.9. The molecule has 0 amide bonds. The third-order valence-electron chi connectivity index (χ3n) is 5.69. The minimum atomic E-state index is -3.15. The molecule has 1 aromatic heterocycles. The molecule has 29 heavy (non-hydrogen) atoms.